The van der Waals surface area contributed by atoms with Crippen LogP contribution in [0.1, 0.15) is 98.3 Å². The number of likely N-dealkylation sites (tertiary alicyclic amines) is 1. The first kappa shape index (κ1) is 50.0. The summed E-state index contributed by atoms with van der Waals surface area (Å²) in [6.45, 7) is 23.9. The molecule has 4 unspecified atom stereocenters. The maximum absolute atomic E-state index is 14.9. The van der Waals surface area contributed by atoms with Crippen molar-refractivity contribution in [3.63, 3.8) is 0 Å². The van der Waals surface area contributed by atoms with Crippen molar-refractivity contribution in [2.75, 3.05) is 19.6 Å². The van der Waals surface area contributed by atoms with Gasteiger partial charge in [-0.1, -0.05) is 126 Å². The first-order chi connectivity index (χ1) is 29.2. The van der Waals surface area contributed by atoms with Crippen molar-refractivity contribution in [2.45, 2.75) is 149 Å². The molecule has 4 rings (SSSR count). The summed E-state index contributed by atoms with van der Waals surface area (Å²) in [5.41, 5.74) is 2.20. The van der Waals surface area contributed by atoms with E-state index in [2.05, 4.69) is 44.5 Å². The predicted octanol–water partition coefficient (Wildman–Crippen LogP) is 9.55. The van der Waals surface area contributed by atoms with Gasteiger partial charge in [0.05, 0.1) is 12.1 Å². The van der Waals surface area contributed by atoms with Crippen molar-refractivity contribution in [1.29, 1.82) is 0 Å². The van der Waals surface area contributed by atoms with E-state index < -0.39 is 44.1 Å². The molecule has 340 valence electrons. The lowest BCUT2D eigenvalue weighted by atomic mass is 9.88. The molecule has 0 spiro atoms. The molecule has 0 aromatic heterocycles. The lowest BCUT2D eigenvalue weighted by Crippen LogP contribution is -2.57. The number of ether oxygens (including phenoxy) is 2. The minimum Gasteiger partial charge on any atom is -0.445 e. The smallest absolute Gasteiger partial charge is 0.410 e. The molecule has 4 atom stereocenters. The lowest BCUT2D eigenvalue weighted by Gasteiger charge is -2.42. The van der Waals surface area contributed by atoms with Crippen LogP contribution in [0.2, 0.25) is 18.1 Å². The van der Waals surface area contributed by atoms with Crippen LogP contribution < -0.4 is 10.6 Å². The first-order valence-electron chi connectivity index (χ1n) is 22.5. The molecule has 4 amide bonds. The Bertz CT molecular complexity index is 1860. The van der Waals surface area contributed by atoms with Crippen LogP contribution in [0.4, 0.5) is 9.59 Å². The summed E-state index contributed by atoms with van der Waals surface area (Å²) in [5.74, 6) is -1.18. The number of hydrogen-bond donors (Lipinski definition) is 2. The van der Waals surface area contributed by atoms with E-state index in [1.54, 1.807) is 4.90 Å². The number of nitrogens with zero attached hydrogens (tertiary/aromatic N) is 2. The van der Waals surface area contributed by atoms with Gasteiger partial charge in [0, 0.05) is 31.6 Å². The number of carbonyl (C=O) groups is 4. The fraction of sp³-hybridized carbons (Fsp3) is 0.560. The number of amides is 4. The van der Waals surface area contributed by atoms with Crippen molar-refractivity contribution in [1.82, 2.24) is 20.4 Å². The molecule has 1 aliphatic heterocycles. The predicted molar refractivity (Wildman–Crippen MR) is 249 cm³/mol. The Balaban J connectivity index is 1.59. The van der Waals surface area contributed by atoms with Crippen LogP contribution in [-0.2, 0) is 42.9 Å². The van der Waals surface area contributed by atoms with E-state index in [0.717, 1.165) is 16.7 Å². The molecule has 3 aromatic carbocycles. The average molecular weight is 871 g/mol. The number of alkyl carbamates (subject to hydrolysis) is 1. The van der Waals surface area contributed by atoms with Crippen LogP contribution in [0.25, 0.3) is 0 Å². The molecule has 1 fully saturated rings. The van der Waals surface area contributed by atoms with E-state index in [4.69, 9.17) is 13.9 Å². The molecule has 0 saturated carbocycles. The minimum absolute atomic E-state index is 0.0642. The van der Waals surface area contributed by atoms with Crippen molar-refractivity contribution < 1.29 is 33.1 Å². The lowest BCUT2D eigenvalue weighted by molar-refractivity contribution is -0.140. The van der Waals surface area contributed by atoms with Crippen molar-refractivity contribution in [3.8, 4) is 0 Å². The topological polar surface area (TPSA) is 127 Å². The van der Waals surface area contributed by atoms with Crippen LogP contribution in [0.5, 0.6) is 0 Å². The van der Waals surface area contributed by atoms with Crippen molar-refractivity contribution >= 4 is 32.3 Å². The SMILES string of the molecule is CCN(C(=O)OCc1ccccc1)C1CCN(C(=O)C(NC(=O)C(Cc2ccccc2)CC(O[Si](C)(C)C(C)(C)C)C(Cc2ccccc2)NC(=O)OC(C)(C)C)C(C)C)CC1. The Morgan fingerprint density at radius 3 is 1.77 bits per heavy atom. The highest BCUT2D eigenvalue weighted by atomic mass is 28.4. The van der Waals surface area contributed by atoms with Gasteiger partial charge in [-0.05, 0) is 101 Å². The normalized spacial score (nSPS) is 15.8. The molecule has 0 radical (unpaired) electrons. The second-order valence-electron chi connectivity index (χ2n) is 19.6. The van der Waals surface area contributed by atoms with Gasteiger partial charge in [-0.25, -0.2) is 9.59 Å². The number of hydrogen-bond acceptors (Lipinski definition) is 7. The second-order valence-corrected chi connectivity index (χ2v) is 24.4. The van der Waals surface area contributed by atoms with Crippen LogP contribution in [0.3, 0.4) is 0 Å². The van der Waals surface area contributed by atoms with Crippen molar-refractivity contribution in [2.24, 2.45) is 11.8 Å². The van der Waals surface area contributed by atoms with Crippen LogP contribution in [0, 0.1) is 11.8 Å². The summed E-state index contributed by atoms with van der Waals surface area (Å²) in [7, 11) is -2.49. The van der Waals surface area contributed by atoms with Gasteiger partial charge in [0.15, 0.2) is 8.32 Å². The van der Waals surface area contributed by atoms with E-state index >= 15 is 0 Å². The van der Waals surface area contributed by atoms with Gasteiger partial charge >= 0.3 is 12.2 Å². The summed E-state index contributed by atoms with van der Waals surface area (Å²) in [6.07, 6.45) is 0.890. The molecule has 3 aromatic rings. The highest BCUT2D eigenvalue weighted by Gasteiger charge is 2.43. The summed E-state index contributed by atoms with van der Waals surface area (Å²) in [5, 5.41) is 6.23. The van der Waals surface area contributed by atoms with E-state index in [9.17, 15) is 19.2 Å². The molecule has 62 heavy (non-hydrogen) atoms. The molecule has 11 nitrogen and oxygen atoms in total. The van der Waals surface area contributed by atoms with Crippen LogP contribution >= 0.6 is 0 Å². The van der Waals surface area contributed by atoms with Crippen LogP contribution in [0.15, 0.2) is 91.0 Å². The number of piperidine rings is 1. The third-order valence-electron chi connectivity index (χ3n) is 12.1. The third kappa shape index (κ3) is 15.3. The molecule has 2 N–H and O–H groups in total. The number of carbonyl (C=O) groups excluding carboxylic acids is 4. The van der Waals surface area contributed by atoms with Gasteiger partial charge in [-0.2, -0.15) is 0 Å². The molecular formula is C50H74N4O7Si. The van der Waals surface area contributed by atoms with Gasteiger partial charge in [-0.15, -0.1) is 0 Å². The number of benzene rings is 3. The molecule has 12 heteroatoms. The summed E-state index contributed by atoms with van der Waals surface area (Å²) in [6, 6.07) is 28.1. The van der Waals surface area contributed by atoms with Gasteiger partial charge in [0.1, 0.15) is 18.2 Å². The Labute approximate surface area is 372 Å². The van der Waals surface area contributed by atoms with Crippen molar-refractivity contribution in [3.05, 3.63) is 108 Å². The summed E-state index contributed by atoms with van der Waals surface area (Å²) < 4.78 is 18.7. The molecule has 0 bridgehead atoms. The Morgan fingerprint density at radius 1 is 0.774 bits per heavy atom. The maximum atomic E-state index is 14.9. The zero-order valence-corrected chi connectivity index (χ0v) is 40.2. The van der Waals surface area contributed by atoms with E-state index in [-0.39, 0.29) is 47.9 Å². The van der Waals surface area contributed by atoms with Gasteiger partial charge in [0.25, 0.3) is 0 Å². The maximum Gasteiger partial charge on any atom is 0.410 e. The highest BCUT2D eigenvalue weighted by Crippen LogP contribution is 2.39. The number of rotatable bonds is 18. The van der Waals surface area contributed by atoms with Gasteiger partial charge in [-0.3, -0.25) is 9.59 Å². The molecular weight excluding hydrogens is 797 g/mol. The fourth-order valence-electron chi connectivity index (χ4n) is 7.63. The average Bonchev–Trinajstić information content (AvgIpc) is 3.21. The molecule has 1 heterocycles. The Kier molecular flexibility index (Phi) is 18.2. The minimum atomic E-state index is -2.49. The van der Waals surface area contributed by atoms with Gasteiger partial charge < -0.3 is 34.3 Å². The monoisotopic (exact) mass is 871 g/mol. The quantitative estimate of drug-likeness (QED) is 0.122. The van der Waals surface area contributed by atoms with E-state index in [1.807, 2.05) is 137 Å². The zero-order valence-electron chi connectivity index (χ0n) is 39.2. The molecule has 0 aliphatic carbocycles. The zero-order chi connectivity index (χ0) is 45.7. The Morgan fingerprint density at radius 2 is 1.29 bits per heavy atom. The van der Waals surface area contributed by atoms with Gasteiger partial charge in [0.2, 0.25) is 11.8 Å². The standard InChI is InChI=1S/C50H74N4O7Si/c1-12-54(48(58)59-35-39-26-20-15-21-27-39)41-28-30-53(31-29-41)46(56)44(36(2)3)52-45(55)40(32-37-22-16-13-17-23-37)34-43(61-62(10,11)50(7,8)9)42(33-38-24-18-14-19-25-38)51-47(57)60-49(4,5)6/h13-27,36,40-44H,12,28-35H2,1-11H3,(H,51,57)(H,52,55). The number of nitrogens with one attached hydrogen (secondary N) is 2. The fourth-order valence-corrected chi connectivity index (χ4v) is 9.00. The third-order valence-corrected chi connectivity index (χ3v) is 16.6. The van der Waals surface area contributed by atoms with Crippen LogP contribution in [-0.4, -0.2) is 91.6 Å². The summed E-state index contributed by atoms with van der Waals surface area (Å²) >= 11 is 0. The second kappa shape index (κ2) is 22.6. The van der Waals surface area contributed by atoms with E-state index in [0.29, 0.717) is 45.3 Å². The largest absolute Gasteiger partial charge is 0.445 e. The summed E-state index contributed by atoms with van der Waals surface area (Å²) in [4.78, 5) is 59.5. The molecule has 1 aliphatic rings. The Hall–Kier alpha value is -4.68. The first-order valence-corrected chi connectivity index (χ1v) is 25.4. The van der Waals surface area contributed by atoms with E-state index in [1.165, 1.54) is 0 Å². The molecule has 1 saturated heterocycles. The highest BCUT2D eigenvalue weighted by molar-refractivity contribution is 6.74.